The summed E-state index contributed by atoms with van der Waals surface area (Å²) in [5.74, 6) is -0.238. The molecule has 1 saturated heterocycles. The van der Waals surface area contributed by atoms with Gasteiger partial charge >= 0.3 is 0 Å². The van der Waals surface area contributed by atoms with Gasteiger partial charge in [0, 0.05) is 47.4 Å². The molecule has 0 aliphatic carbocycles. The molecule has 3 aromatic rings. The first kappa shape index (κ1) is 18.6. The Morgan fingerprint density at radius 1 is 0.933 bits per heavy atom. The quantitative estimate of drug-likeness (QED) is 0.671. The first-order valence-corrected chi connectivity index (χ1v) is 10.1. The molecule has 0 saturated carbocycles. The number of morpholine rings is 1. The van der Waals surface area contributed by atoms with E-state index in [4.69, 9.17) is 4.74 Å². The SMILES string of the molecule is Fc1ccccc1-c1cccc2c1NC(Nc1ccc(N3CCOCC3)cc1)N=C2. The number of fused-ring (bicyclic) bond motifs is 1. The Bertz CT molecular complexity index is 1060. The Morgan fingerprint density at radius 3 is 2.50 bits per heavy atom. The minimum absolute atomic E-state index is 0.238. The third-order valence-electron chi connectivity index (χ3n) is 5.45. The van der Waals surface area contributed by atoms with Crippen molar-refractivity contribution < 1.29 is 9.13 Å². The van der Waals surface area contributed by atoms with Gasteiger partial charge in [-0.05, 0) is 30.3 Å². The maximum atomic E-state index is 14.4. The van der Waals surface area contributed by atoms with Crippen molar-refractivity contribution in [2.75, 3.05) is 41.8 Å². The lowest BCUT2D eigenvalue weighted by Crippen LogP contribution is -2.36. The lowest BCUT2D eigenvalue weighted by atomic mass is 9.99. The molecule has 152 valence electrons. The number of ether oxygens (including phenoxy) is 1. The molecule has 0 spiro atoms. The average Bonchev–Trinajstić information content (AvgIpc) is 2.80. The number of halogens is 1. The van der Waals surface area contributed by atoms with Crippen LogP contribution < -0.4 is 15.5 Å². The molecule has 2 aliphatic rings. The molecule has 0 amide bonds. The molecule has 0 bridgehead atoms. The Labute approximate surface area is 175 Å². The van der Waals surface area contributed by atoms with Gasteiger partial charge in [0.15, 0.2) is 6.29 Å². The maximum Gasteiger partial charge on any atom is 0.194 e. The Balaban J connectivity index is 1.34. The van der Waals surface area contributed by atoms with Crippen molar-refractivity contribution in [2.24, 2.45) is 4.99 Å². The number of para-hydroxylation sites is 1. The van der Waals surface area contributed by atoms with Crippen LogP contribution in [0.5, 0.6) is 0 Å². The standard InChI is InChI=1S/C24H23FN4O/c25-22-7-2-1-5-20(22)21-6-3-4-17-16-26-24(28-23(17)21)27-18-8-10-19(11-9-18)29-12-14-30-15-13-29/h1-11,16,24,27-28H,12-15H2. The molecule has 0 radical (unpaired) electrons. The summed E-state index contributed by atoms with van der Waals surface area (Å²) in [4.78, 5) is 6.89. The van der Waals surface area contributed by atoms with Gasteiger partial charge in [-0.25, -0.2) is 9.38 Å². The van der Waals surface area contributed by atoms with E-state index in [0.29, 0.717) is 5.56 Å². The van der Waals surface area contributed by atoms with Crippen LogP contribution in [-0.4, -0.2) is 38.8 Å². The maximum absolute atomic E-state index is 14.4. The molecule has 5 nitrogen and oxygen atoms in total. The van der Waals surface area contributed by atoms with E-state index < -0.39 is 0 Å². The summed E-state index contributed by atoms with van der Waals surface area (Å²) in [5.41, 5.74) is 5.37. The largest absolute Gasteiger partial charge is 0.378 e. The highest BCUT2D eigenvalue weighted by Crippen LogP contribution is 2.34. The summed E-state index contributed by atoms with van der Waals surface area (Å²) in [6, 6.07) is 21.0. The number of rotatable bonds is 4. The number of nitrogens with zero attached hydrogens (tertiary/aromatic N) is 2. The number of hydrogen-bond donors (Lipinski definition) is 2. The summed E-state index contributed by atoms with van der Waals surface area (Å²) in [5, 5.41) is 6.81. The van der Waals surface area contributed by atoms with Crippen LogP contribution in [0.15, 0.2) is 71.7 Å². The van der Waals surface area contributed by atoms with Gasteiger partial charge in [-0.15, -0.1) is 0 Å². The van der Waals surface area contributed by atoms with Crippen LogP contribution in [0.25, 0.3) is 11.1 Å². The Kier molecular flexibility index (Phi) is 5.07. The molecule has 2 N–H and O–H groups in total. The summed E-state index contributed by atoms with van der Waals surface area (Å²) >= 11 is 0. The predicted octanol–water partition coefficient (Wildman–Crippen LogP) is 4.57. The first-order valence-electron chi connectivity index (χ1n) is 10.1. The van der Waals surface area contributed by atoms with Crippen LogP contribution in [0.4, 0.5) is 21.5 Å². The number of nitrogens with one attached hydrogen (secondary N) is 2. The fraction of sp³-hybridized carbons (Fsp3) is 0.208. The molecule has 3 aromatic carbocycles. The van der Waals surface area contributed by atoms with E-state index >= 15 is 0 Å². The highest BCUT2D eigenvalue weighted by Gasteiger charge is 2.19. The van der Waals surface area contributed by atoms with Gasteiger partial charge in [0.05, 0.1) is 18.9 Å². The normalized spacial score (nSPS) is 17.9. The van der Waals surface area contributed by atoms with Crippen molar-refractivity contribution in [3.8, 4) is 11.1 Å². The molecular weight excluding hydrogens is 379 g/mol. The lowest BCUT2D eigenvalue weighted by Gasteiger charge is -2.29. The van der Waals surface area contributed by atoms with E-state index in [1.165, 1.54) is 11.8 Å². The number of hydrogen-bond acceptors (Lipinski definition) is 5. The summed E-state index contributed by atoms with van der Waals surface area (Å²) in [6.45, 7) is 3.36. The molecular formula is C24H23FN4O. The second kappa shape index (κ2) is 8.16. The predicted molar refractivity (Wildman–Crippen MR) is 120 cm³/mol. The minimum Gasteiger partial charge on any atom is -0.378 e. The third-order valence-corrected chi connectivity index (χ3v) is 5.45. The van der Waals surface area contributed by atoms with Crippen molar-refractivity contribution in [3.05, 3.63) is 78.1 Å². The Hall–Kier alpha value is -3.38. The van der Waals surface area contributed by atoms with E-state index in [0.717, 1.165) is 48.8 Å². The van der Waals surface area contributed by atoms with Crippen LogP contribution in [0.2, 0.25) is 0 Å². The monoisotopic (exact) mass is 402 g/mol. The summed E-state index contributed by atoms with van der Waals surface area (Å²) in [7, 11) is 0. The van der Waals surface area contributed by atoms with Crippen molar-refractivity contribution in [1.82, 2.24) is 0 Å². The molecule has 2 aliphatic heterocycles. The van der Waals surface area contributed by atoms with Gasteiger partial charge in [0.25, 0.3) is 0 Å². The van der Waals surface area contributed by atoms with Crippen LogP contribution in [0, 0.1) is 5.82 Å². The Morgan fingerprint density at radius 2 is 1.70 bits per heavy atom. The van der Waals surface area contributed by atoms with Gasteiger partial charge < -0.3 is 20.3 Å². The first-order chi connectivity index (χ1) is 14.8. The van der Waals surface area contributed by atoms with Crippen molar-refractivity contribution in [2.45, 2.75) is 6.29 Å². The molecule has 2 heterocycles. The molecule has 1 atom stereocenters. The minimum atomic E-state index is -0.334. The molecule has 30 heavy (non-hydrogen) atoms. The van der Waals surface area contributed by atoms with E-state index in [-0.39, 0.29) is 12.1 Å². The van der Waals surface area contributed by atoms with Crippen LogP contribution in [0.3, 0.4) is 0 Å². The van der Waals surface area contributed by atoms with Gasteiger partial charge in [-0.1, -0.05) is 36.4 Å². The van der Waals surface area contributed by atoms with Crippen LogP contribution in [0.1, 0.15) is 5.56 Å². The third kappa shape index (κ3) is 3.74. The fourth-order valence-electron chi connectivity index (χ4n) is 3.89. The molecule has 1 fully saturated rings. The van der Waals surface area contributed by atoms with Crippen molar-refractivity contribution in [1.29, 1.82) is 0 Å². The van der Waals surface area contributed by atoms with Crippen LogP contribution in [-0.2, 0) is 4.74 Å². The molecule has 5 rings (SSSR count). The highest BCUT2D eigenvalue weighted by atomic mass is 19.1. The average molecular weight is 402 g/mol. The van der Waals surface area contributed by atoms with Crippen LogP contribution >= 0.6 is 0 Å². The summed E-state index contributed by atoms with van der Waals surface area (Å²) < 4.78 is 19.8. The van der Waals surface area contributed by atoms with Crippen molar-refractivity contribution in [3.63, 3.8) is 0 Å². The fourth-order valence-corrected chi connectivity index (χ4v) is 3.89. The molecule has 0 aromatic heterocycles. The van der Waals surface area contributed by atoms with Crippen molar-refractivity contribution >= 4 is 23.3 Å². The summed E-state index contributed by atoms with van der Waals surface area (Å²) in [6.07, 6.45) is 1.50. The second-order valence-electron chi connectivity index (χ2n) is 7.37. The van der Waals surface area contributed by atoms with Gasteiger partial charge in [-0.2, -0.15) is 0 Å². The second-order valence-corrected chi connectivity index (χ2v) is 7.37. The van der Waals surface area contributed by atoms with E-state index in [1.807, 2.05) is 30.5 Å². The number of benzene rings is 3. The zero-order valence-electron chi connectivity index (χ0n) is 16.5. The zero-order valence-corrected chi connectivity index (χ0v) is 16.5. The number of aliphatic imine (C=N–C) groups is 1. The van der Waals surface area contributed by atoms with E-state index in [9.17, 15) is 4.39 Å². The smallest absolute Gasteiger partial charge is 0.194 e. The van der Waals surface area contributed by atoms with E-state index in [1.54, 1.807) is 12.1 Å². The molecule has 6 heteroatoms. The van der Waals surface area contributed by atoms with Gasteiger partial charge in [0.1, 0.15) is 5.82 Å². The molecule has 1 unspecified atom stereocenters. The number of anilines is 3. The topological polar surface area (TPSA) is 48.9 Å². The highest BCUT2D eigenvalue weighted by molar-refractivity contribution is 5.96. The lowest BCUT2D eigenvalue weighted by molar-refractivity contribution is 0.122. The van der Waals surface area contributed by atoms with Gasteiger partial charge in [-0.3, -0.25) is 0 Å². The van der Waals surface area contributed by atoms with E-state index in [2.05, 4.69) is 44.8 Å². The van der Waals surface area contributed by atoms with Gasteiger partial charge in [0.2, 0.25) is 0 Å². The zero-order chi connectivity index (χ0) is 20.3.